The number of nitrogens with zero attached hydrogens (tertiary/aromatic N) is 3. The molecular weight excluding hydrogens is 489 g/mol. The third-order valence-electron chi connectivity index (χ3n) is 5.00. The van der Waals surface area contributed by atoms with Crippen molar-refractivity contribution in [3.05, 3.63) is 70.5 Å². The van der Waals surface area contributed by atoms with Crippen LogP contribution in [0.1, 0.15) is 40.1 Å². The van der Waals surface area contributed by atoms with Crippen molar-refractivity contribution in [2.75, 3.05) is 17.2 Å². The van der Waals surface area contributed by atoms with Gasteiger partial charge in [-0.15, -0.1) is 0 Å². The zero-order valence-corrected chi connectivity index (χ0v) is 20.1. The van der Waals surface area contributed by atoms with E-state index >= 15 is 0 Å². The molecule has 0 aliphatic heterocycles. The standard InChI is InChI=1S/C24H23ClFN7O3/c1-24(2,36)19(26)12-31-23(35)16-11-29-20(33-22-17(25)6-13(9-27)10-30-22)8-18(16)32-15-5-3-4-14(7-15)21(28)34/h3-8,10-11,19,36H,12H2,1-2H3,(H2,28,34)(H,31,35)(H2,29,30,32,33). The zero-order chi connectivity index (χ0) is 26.5. The molecule has 3 rings (SSSR count). The molecule has 0 aliphatic rings. The van der Waals surface area contributed by atoms with Crippen molar-refractivity contribution in [3.8, 4) is 6.07 Å². The molecule has 3 aromatic rings. The van der Waals surface area contributed by atoms with Gasteiger partial charge in [0.25, 0.3) is 5.91 Å². The SMILES string of the molecule is CC(C)(O)C(F)CNC(=O)c1cnc(Nc2ncc(C#N)cc2Cl)cc1Nc1cccc(C(N)=O)c1. The van der Waals surface area contributed by atoms with Gasteiger partial charge in [0.15, 0.2) is 0 Å². The number of amides is 2. The molecule has 0 fully saturated rings. The van der Waals surface area contributed by atoms with Crippen LogP contribution >= 0.6 is 11.6 Å². The van der Waals surface area contributed by atoms with Gasteiger partial charge < -0.3 is 26.8 Å². The highest BCUT2D eigenvalue weighted by atomic mass is 35.5. The van der Waals surface area contributed by atoms with Gasteiger partial charge >= 0.3 is 0 Å². The van der Waals surface area contributed by atoms with Gasteiger partial charge in [0.1, 0.15) is 23.9 Å². The highest BCUT2D eigenvalue weighted by molar-refractivity contribution is 6.33. The molecule has 6 N–H and O–H groups in total. The van der Waals surface area contributed by atoms with Gasteiger partial charge in [-0.3, -0.25) is 9.59 Å². The van der Waals surface area contributed by atoms with E-state index in [0.29, 0.717) is 5.69 Å². The molecule has 2 aromatic heterocycles. The van der Waals surface area contributed by atoms with Gasteiger partial charge in [0, 0.05) is 29.7 Å². The van der Waals surface area contributed by atoms with E-state index in [1.807, 2.05) is 6.07 Å². The summed E-state index contributed by atoms with van der Waals surface area (Å²) in [5.74, 6) is -0.800. The summed E-state index contributed by atoms with van der Waals surface area (Å²) in [5, 5.41) is 27.3. The van der Waals surface area contributed by atoms with Crippen LogP contribution in [0.3, 0.4) is 0 Å². The van der Waals surface area contributed by atoms with Gasteiger partial charge in [-0.25, -0.2) is 14.4 Å². The number of nitrogens with one attached hydrogen (secondary N) is 3. The number of pyridine rings is 2. The molecule has 36 heavy (non-hydrogen) atoms. The molecule has 1 aromatic carbocycles. The van der Waals surface area contributed by atoms with Crippen molar-refractivity contribution in [2.24, 2.45) is 5.73 Å². The van der Waals surface area contributed by atoms with Crippen molar-refractivity contribution in [3.63, 3.8) is 0 Å². The maximum absolute atomic E-state index is 14.2. The van der Waals surface area contributed by atoms with E-state index in [-0.39, 0.29) is 39.0 Å². The fourth-order valence-electron chi connectivity index (χ4n) is 2.95. The Kier molecular flexibility index (Phi) is 8.03. The number of hydrogen-bond acceptors (Lipinski definition) is 8. The Labute approximate surface area is 211 Å². The first-order valence-electron chi connectivity index (χ1n) is 10.6. The van der Waals surface area contributed by atoms with Crippen LogP contribution in [0.5, 0.6) is 0 Å². The number of carbonyl (C=O) groups excluding carboxylic acids is 2. The molecule has 10 nitrogen and oxygen atoms in total. The number of alkyl halides is 1. The molecule has 2 amide bonds. The quantitative estimate of drug-likeness (QED) is 0.291. The number of benzene rings is 1. The maximum Gasteiger partial charge on any atom is 0.255 e. The Morgan fingerprint density at radius 3 is 2.61 bits per heavy atom. The van der Waals surface area contributed by atoms with E-state index in [4.69, 9.17) is 22.6 Å². The van der Waals surface area contributed by atoms with Crippen molar-refractivity contribution in [1.29, 1.82) is 5.26 Å². The summed E-state index contributed by atoms with van der Waals surface area (Å²) >= 11 is 6.18. The fraction of sp³-hybridized carbons (Fsp3) is 0.208. The van der Waals surface area contributed by atoms with Gasteiger partial charge in [-0.2, -0.15) is 5.26 Å². The number of rotatable bonds is 9. The number of primary amides is 1. The summed E-state index contributed by atoms with van der Waals surface area (Å²) in [5.41, 5.74) is 5.02. The van der Waals surface area contributed by atoms with E-state index < -0.39 is 30.1 Å². The summed E-state index contributed by atoms with van der Waals surface area (Å²) in [4.78, 5) is 32.7. The van der Waals surface area contributed by atoms with Crippen LogP contribution in [-0.4, -0.2) is 45.2 Å². The van der Waals surface area contributed by atoms with Gasteiger partial charge in [-0.05, 0) is 38.1 Å². The van der Waals surface area contributed by atoms with E-state index in [1.165, 1.54) is 50.5 Å². The Hall–Kier alpha value is -4.27. The molecular formula is C24H23ClFN7O3. The number of aliphatic hydroxyl groups is 1. The Bertz CT molecular complexity index is 1340. The lowest BCUT2D eigenvalue weighted by Crippen LogP contribution is -2.42. The molecule has 186 valence electrons. The van der Waals surface area contributed by atoms with Gasteiger partial charge in [0.05, 0.1) is 34.0 Å². The number of halogens is 2. The molecule has 0 spiro atoms. The zero-order valence-electron chi connectivity index (χ0n) is 19.3. The number of nitriles is 1. The van der Waals surface area contributed by atoms with E-state index in [9.17, 15) is 19.1 Å². The van der Waals surface area contributed by atoms with Gasteiger partial charge in [-0.1, -0.05) is 17.7 Å². The van der Waals surface area contributed by atoms with Crippen molar-refractivity contribution in [1.82, 2.24) is 15.3 Å². The predicted octanol–water partition coefficient (Wildman–Crippen LogP) is 3.43. The minimum atomic E-state index is -1.70. The third kappa shape index (κ3) is 6.65. The number of aromatic nitrogens is 2. The first kappa shape index (κ1) is 26.3. The summed E-state index contributed by atoms with van der Waals surface area (Å²) in [6.07, 6.45) is 0.886. The molecule has 1 atom stereocenters. The highest BCUT2D eigenvalue weighted by Gasteiger charge is 2.27. The summed E-state index contributed by atoms with van der Waals surface area (Å²) in [6.45, 7) is 2.17. The number of nitrogens with two attached hydrogens (primary N) is 1. The minimum Gasteiger partial charge on any atom is -0.387 e. The van der Waals surface area contributed by atoms with Crippen LogP contribution in [0.4, 0.5) is 27.4 Å². The van der Waals surface area contributed by atoms with Gasteiger partial charge in [0.2, 0.25) is 5.91 Å². The molecule has 0 bridgehead atoms. The number of carbonyl (C=O) groups is 2. The summed E-state index contributed by atoms with van der Waals surface area (Å²) in [7, 11) is 0. The molecule has 2 heterocycles. The highest BCUT2D eigenvalue weighted by Crippen LogP contribution is 2.28. The molecule has 0 aliphatic carbocycles. The van der Waals surface area contributed by atoms with E-state index in [0.717, 1.165) is 0 Å². The molecule has 0 saturated carbocycles. The Balaban J connectivity index is 1.94. The lowest BCUT2D eigenvalue weighted by molar-refractivity contribution is -0.00177. The smallest absolute Gasteiger partial charge is 0.255 e. The van der Waals surface area contributed by atoms with Crippen molar-refractivity contribution >= 4 is 46.4 Å². The van der Waals surface area contributed by atoms with Crippen LogP contribution in [0.25, 0.3) is 0 Å². The average molecular weight is 512 g/mol. The maximum atomic E-state index is 14.2. The average Bonchev–Trinajstić information content (AvgIpc) is 2.83. The van der Waals surface area contributed by atoms with Crippen LogP contribution in [0.15, 0.2) is 48.8 Å². The topological polar surface area (TPSA) is 166 Å². The first-order chi connectivity index (χ1) is 17.0. The molecule has 0 radical (unpaired) electrons. The van der Waals surface area contributed by atoms with Crippen molar-refractivity contribution in [2.45, 2.75) is 25.6 Å². The largest absolute Gasteiger partial charge is 0.387 e. The van der Waals surface area contributed by atoms with Crippen LogP contribution in [-0.2, 0) is 0 Å². The minimum absolute atomic E-state index is 0.0619. The van der Waals surface area contributed by atoms with Crippen LogP contribution < -0.4 is 21.7 Å². The first-order valence-corrected chi connectivity index (χ1v) is 11.0. The summed E-state index contributed by atoms with van der Waals surface area (Å²) < 4.78 is 14.2. The normalized spacial score (nSPS) is 11.8. The molecule has 12 heteroatoms. The van der Waals surface area contributed by atoms with Crippen LogP contribution in [0, 0.1) is 11.3 Å². The third-order valence-corrected chi connectivity index (χ3v) is 5.29. The predicted molar refractivity (Wildman–Crippen MR) is 133 cm³/mol. The molecule has 1 unspecified atom stereocenters. The fourth-order valence-corrected chi connectivity index (χ4v) is 3.17. The Morgan fingerprint density at radius 2 is 1.97 bits per heavy atom. The second kappa shape index (κ2) is 11.0. The second-order valence-electron chi connectivity index (χ2n) is 8.31. The summed E-state index contributed by atoms with van der Waals surface area (Å²) in [6, 6.07) is 11.2. The number of hydrogen-bond donors (Lipinski definition) is 5. The number of anilines is 4. The monoisotopic (exact) mass is 511 g/mol. The second-order valence-corrected chi connectivity index (χ2v) is 8.71. The van der Waals surface area contributed by atoms with Crippen molar-refractivity contribution < 1.29 is 19.1 Å². The Morgan fingerprint density at radius 1 is 1.22 bits per heavy atom. The lowest BCUT2D eigenvalue weighted by atomic mass is 10.0. The van der Waals surface area contributed by atoms with E-state index in [2.05, 4.69) is 25.9 Å². The molecule has 0 saturated heterocycles. The van der Waals surface area contributed by atoms with E-state index in [1.54, 1.807) is 12.1 Å². The lowest BCUT2D eigenvalue weighted by Gasteiger charge is -2.22. The van der Waals surface area contributed by atoms with Crippen LogP contribution in [0.2, 0.25) is 5.02 Å².